The van der Waals surface area contributed by atoms with Crippen LogP contribution >= 0.6 is 0 Å². The Morgan fingerprint density at radius 2 is 1.85 bits per heavy atom. The molecule has 0 radical (unpaired) electrons. The molecule has 5 nitrogen and oxygen atoms in total. The number of anilines is 1. The Kier molecular flexibility index (Phi) is 3.54. The Morgan fingerprint density at radius 1 is 1.04 bits per heavy atom. The molecule has 26 heavy (non-hydrogen) atoms. The number of rotatable bonds is 2. The summed E-state index contributed by atoms with van der Waals surface area (Å²) < 4.78 is 23.4. The molecular formula is C21H23NO4. The van der Waals surface area contributed by atoms with Crippen molar-refractivity contribution in [2.45, 2.75) is 25.0 Å². The predicted molar refractivity (Wildman–Crippen MR) is 98.2 cm³/mol. The van der Waals surface area contributed by atoms with Gasteiger partial charge in [-0.15, -0.1) is 0 Å². The maximum absolute atomic E-state index is 6.33. The van der Waals surface area contributed by atoms with E-state index in [1.54, 1.807) is 7.11 Å². The molecule has 3 aliphatic rings. The monoisotopic (exact) mass is 353 g/mol. The summed E-state index contributed by atoms with van der Waals surface area (Å²) in [4.78, 5) is 0. The highest BCUT2D eigenvalue weighted by atomic mass is 16.6. The Labute approximate surface area is 153 Å². The second-order valence-electron chi connectivity index (χ2n) is 7.26. The first-order valence-electron chi connectivity index (χ1n) is 9.18. The lowest BCUT2D eigenvalue weighted by Crippen LogP contribution is -2.41. The first-order valence-corrected chi connectivity index (χ1v) is 9.18. The van der Waals surface area contributed by atoms with E-state index in [4.69, 9.17) is 18.9 Å². The van der Waals surface area contributed by atoms with Crippen LogP contribution in [0.3, 0.4) is 0 Å². The molecular weight excluding hydrogens is 330 g/mol. The van der Waals surface area contributed by atoms with E-state index in [1.807, 2.05) is 18.2 Å². The van der Waals surface area contributed by atoms with E-state index in [9.17, 15) is 0 Å². The van der Waals surface area contributed by atoms with Crippen LogP contribution in [-0.2, 0) is 10.3 Å². The van der Waals surface area contributed by atoms with Crippen molar-refractivity contribution in [1.82, 2.24) is 0 Å². The molecule has 0 bridgehead atoms. The molecule has 0 aromatic heterocycles. The second kappa shape index (κ2) is 5.81. The molecule has 136 valence electrons. The van der Waals surface area contributed by atoms with Gasteiger partial charge in [0.15, 0.2) is 11.5 Å². The number of hydrogen-bond donors (Lipinski definition) is 1. The number of fused-ring (bicyclic) bond motifs is 5. The summed E-state index contributed by atoms with van der Waals surface area (Å²) in [6.45, 7) is 4.11. The SMILES string of the molecule is COc1ccc([C@@H]2Nc3ccc4c(c3[C@@]3(C)OCC[C@@H]23)OCCO4)cc1. The van der Waals surface area contributed by atoms with Crippen molar-refractivity contribution < 1.29 is 18.9 Å². The number of hydrogen-bond acceptors (Lipinski definition) is 5. The van der Waals surface area contributed by atoms with Gasteiger partial charge in [-0.1, -0.05) is 12.1 Å². The summed E-state index contributed by atoms with van der Waals surface area (Å²) in [7, 11) is 1.69. The van der Waals surface area contributed by atoms with Crippen LogP contribution in [-0.4, -0.2) is 26.9 Å². The van der Waals surface area contributed by atoms with E-state index in [0.717, 1.165) is 41.5 Å². The molecule has 5 heteroatoms. The van der Waals surface area contributed by atoms with Crippen molar-refractivity contribution in [3.05, 3.63) is 47.5 Å². The Hall–Kier alpha value is -2.40. The van der Waals surface area contributed by atoms with Crippen molar-refractivity contribution in [2.75, 3.05) is 32.2 Å². The van der Waals surface area contributed by atoms with E-state index in [0.29, 0.717) is 19.1 Å². The van der Waals surface area contributed by atoms with E-state index in [1.165, 1.54) is 5.56 Å². The van der Waals surface area contributed by atoms with E-state index >= 15 is 0 Å². The summed E-state index contributed by atoms with van der Waals surface area (Å²) in [6, 6.07) is 12.6. The van der Waals surface area contributed by atoms with Gasteiger partial charge < -0.3 is 24.3 Å². The minimum atomic E-state index is -0.392. The van der Waals surface area contributed by atoms with Crippen molar-refractivity contribution in [3.63, 3.8) is 0 Å². The van der Waals surface area contributed by atoms with Gasteiger partial charge in [0.25, 0.3) is 0 Å². The number of benzene rings is 2. The van der Waals surface area contributed by atoms with Crippen LogP contribution in [0.5, 0.6) is 17.2 Å². The predicted octanol–water partition coefficient (Wildman–Crippen LogP) is 3.88. The van der Waals surface area contributed by atoms with Gasteiger partial charge in [-0.05, 0) is 43.2 Å². The smallest absolute Gasteiger partial charge is 0.169 e. The van der Waals surface area contributed by atoms with Gasteiger partial charge in [-0.25, -0.2) is 0 Å². The third kappa shape index (κ3) is 2.20. The first kappa shape index (κ1) is 15.8. The minimum absolute atomic E-state index is 0.184. The van der Waals surface area contributed by atoms with Gasteiger partial charge >= 0.3 is 0 Å². The highest BCUT2D eigenvalue weighted by Gasteiger charge is 2.52. The molecule has 5 rings (SSSR count). The summed E-state index contributed by atoms with van der Waals surface area (Å²) in [5.41, 5.74) is 3.02. The van der Waals surface area contributed by atoms with Crippen LogP contribution < -0.4 is 19.5 Å². The van der Waals surface area contributed by atoms with Crippen LogP contribution in [0.1, 0.15) is 30.5 Å². The van der Waals surface area contributed by atoms with Crippen LogP contribution in [0.2, 0.25) is 0 Å². The fraction of sp³-hybridized carbons (Fsp3) is 0.429. The fourth-order valence-corrected chi connectivity index (χ4v) is 4.65. The Bertz CT molecular complexity index is 835. The normalized spacial score (nSPS) is 28.7. The zero-order chi connectivity index (χ0) is 17.7. The quantitative estimate of drug-likeness (QED) is 0.888. The Morgan fingerprint density at radius 3 is 2.65 bits per heavy atom. The lowest BCUT2D eigenvalue weighted by Gasteiger charge is -2.44. The molecule has 0 amide bonds. The van der Waals surface area contributed by atoms with Crippen molar-refractivity contribution in [1.29, 1.82) is 0 Å². The second-order valence-corrected chi connectivity index (χ2v) is 7.26. The standard InChI is InChI=1S/C21H23NO4/c1-21-15(9-10-26-21)19(13-3-5-14(23-2)6-4-13)22-16-7-8-17-20(18(16)21)25-12-11-24-17/h3-8,15,19,22H,9-12H2,1-2H3/t15-,19-,21-/m0/s1. The van der Waals surface area contributed by atoms with Gasteiger partial charge in [0.2, 0.25) is 0 Å². The highest BCUT2D eigenvalue weighted by molar-refractivity contribution is 5.68. The average molecular weight is 353 g/mol. The average Bonchev–Trinajstić information content (AvgIpc) is 3.09. The summed E-state index contributed by atoms with van der Waals surface area (Å²) in [6.07, 6.45) is 1.00. The van der Waals surface area contributed by atoms with Gasteiger partial charge in [-0.3, -0.25) is 0 Å². The van der Waals surface area contributed by atoms with Crippen LogP contribution in [0.25, 0.3) is 0 Å². The molecule has 0 spiro atoms. The molecule has 1 saturated heterocycles. The molecule has 3 heterocycles. The minimum Gasteiger partial charge on any atom is -0.497 e. The molecule has 2 aromatic rings. The summed E-state index contributed by atoms with van der Waals surface area (Å²) in [5.74, 6) is 2.84. The Balaban J connectivity index is 1.62. The lowest BCUT2D eigenvalue weighted by molar-refractivity contribution is -0.0212. The summed E-state index contributed by atoms with van der Waals surface area (Å²) >= 11 is 0. The van der Waals surface area contributed by atoms with Gasteiger partial charge in [-0.2, -0.15) is 0 Å². The largest absolute Gasteiger partial charge is 0.497 e. The van der Waals surface area contributed by atoms with E-state index in [-0.39, 0.29) is 6.04 Å². The molecule has 0 unspecified atom stereocenters. The number of ether oxygens (including phenoxy) is 4. The molecule has 2 aromatic carbocycles. The highest BCUT2D eigenvalue weighted by Crippen LogP contribution is 2.58. The van der Waals surface area contributed by atoms with E-state index < -0.39 is 5.60 Å². The maximum Gasteiger partial charge on any atom is 0.169 e. The van der Waals surface area contributed by atoms with Crippen molar-refractivity contribution in [3.8, 4) is 17.2 Å². The molecule has 0 saturated carbocycles. The lowest BCUT2D eigenvalue weighted by atomic mass is 9.72. The zero-order valence-electron chi connectivity index (χ0n) is 15.1. The summed E-state index contributed by atoms with van der Waals surface area (Å²) in [5, 5.41) is 3.74. The van der Waals surface area contributed by atoms with Crippen molar-refractivity contribution >= 4 is 5.69 Å². The number of methoxy groups -OCH3 is 1. The first-order chi connectivity index (χ1) is 12.7. The molecule has 3 aliphatic heterocycles. The van der Waals surface area contributed by atoms with Gasteiger partial charge in [0, 0.05) is 18.2 Å². The van der Waals surface area contributed by atoms with Crippen LogP contribution in [0, 0.1) is 5.92 Å². The molecule has 3 atom stereocenters. The third-order valence-electron chi connectivity index (χ3n) is 5.93. The fourth-order valence-electron chi connectivity index (χ4n) is 4.65. The van der Waals surface area contributed by atoms with Gasteiger partial charge in [0.05, 0.1) is 18.7 Å². The maximum atomic E-state index is 6.33. The van der Waals surface area contributed by atoms with Gasteiger partial charge in [0.1, 0.15) is 24.6 Å². The molecule has 1 N–H and O–H groups in total. The third-order valence-corrected chi connectivity index (χ3v) is 5.93. The molecule has 0 aliphatic carbocycles. The topological polar surface area (TPSA) is 49.0 Å². The number of nitrogens with one attached hydrogen (secondary N) is 1. The van der Waals surface area contributed by atoms with Crippen molar-refractivity contribution in [2.24, 2.45) is 5.92 Å². The molecule has 1 fully saturated rings. The van der Waals surface area contributed by atoms with Crippen LogP contribution in [0.15, 0.2) is 36.4 Å². The zero-order valence-corrected chi connectivity index (χ0v) is 15.1. The van der Waals surface area contributed by atoms with E-state index in [2.05, 4.69) is 30.4 Å². The van der Waals surface area contributed by atoms with Crippen LogP contribution in [0.4, 0.5) is 5.69 Å².